The van der Waals surface area contributed by atoms with Gasteiger partial charge in [0.25, 0.3) is 0 Å². The minimum absolute atomic E-state index is 0. The summed E-state index contributed by atoms with van der Waals surface area (Å²) >= 11 is 0. The first-order valence-electron chi connectivity index (χ1n) is 3.48. The molecule has 0 bridgehead atoms. The van der Waals surface area contributed by atoms with Crippen molar-refractivity contribution >= 4 is 0 Å². The molecule has 2 aliphatic carbocycles. The van der Waals surface area contributed by atoms with Crippen molar-refractivity contribution in [2.45, 2.75) is 6.42 Å². The van der Waals surface area contributed by atoms with E-state index in [0.717, 1.165) is 6.42 Å². The van der Waals surface area contributed by atoms with E-state index in [0.29, 0.717) is 0 Å². The minimum atomic E-state index is 0. The molecule has 0 N–H and O–H groups in total. The van der Waals surface area contributed by atoms with Crippen LogP contribution in [0.3, 0.4) is 0 Å². The van der Waals surface area contributed by atoms with Crippen LogP contribution in [-0.4, -0.2) is 0 Å². The largest absolute Gasteiger partial charge is 0.0808 e. The van der Waals surface area contributed by atoms with Gasteiger partial charge in [-0.2, -0.15) is 0 Å². The van der Waals surface area contributed by atoms with E-state index in [-0.39, 0.29) is 20.1 Å². The maximum atomic E-state index is 2.12. The van der Waals surface area contributed by atoms with Crippen molar-refractivity contribution in [2.75, 3.05) is 0 Å². The molecule has 0 saturated heterocycles. The third-order valence-electron chi connectivity index (χ3n) is 1.21. The molecule has 0 heterocycles. The van der Waals surface area contributed by atoms with Crippen molar-refractivity contribution < 1.29 is 20.1 Å². The molecule has 2 radical (unpaired) electrons. The molecule has 0 amide bonds. The van der Waals surface area contributed by atoms with Crippen LogP contribution in [0.25, 0.3) is 0 Å². The van der Waals surface area contributed by atoms with Crippen LogP contribution in [0.15, 0.2) is 48.6 Å². The summed E-state index contributed by atoms with van der Waals surface area (Å²) in [6.45, 7) is 0. The third kappa shape index (κ3) is 6.03. The van der Waals surface area contributed by atoms with Crippen molar-refractivity contribution in [3.63, 3.8) is 0 Å². The van der Waals surface area contributed by atoms with Gasteiger partial charge in [0.1, 0.15) is 0 Å². The maximum Gasteiger partial charge on any atom is 0.00506 e. The van der Waals surface area contributed by atoms with Crippen LogP contribution >= 0.6 is 0 Å². The second kappa shape index (κ2) is 7.71. The Morgan fingerprint density at radius 1 is 0.636 bits per heavy atom. The summed E-state index contributed by atoms with van der Waals surface area (Å²) in [4.78, 5) is 0. The van der Waals surface area contributed by atoms with E-state index >= 15 is 0 Å². The number of allylic oxidation sites excluding steroid dienone is 8. The molecular formula is C10H11Ir. The smallest absolute Gasteiger partial charge is 0.00506 e. The van der Waals surface area contributed by atoms with Gasteiger partial charge in [-0.15, -0.1) is 0 Å². The van der Waals surface area contributed by atoms with Gasteiger partial charge >= 0.3 is 0 Å². The van der Waals surface area contributed by atoms with Crippen molar-refractivity contribution in [3.8, 4) is 0 Å². The van der Waals surface area contributed by atoms with Crippen molar-refractivity contribution in [1.29, 1.82) is 0 Å². The van der Waals surface area contributed by atoms with Gasteiger partial charge in [0, 0.05) is 26.5 Å². The van der Waals surface area contributed by atoms with Crippen molar-refractivity contribution in [3.05, 3.63) is 55.0 Å². The van der Waals surface area contributed by atoms with Gasteiger partial charge in [0.15, 0.2) is 0 Å². The molecule has 2 rings (SSSR count). The van der Waals surface area contributed by atoms with Crippen LogP contribution in [0.4, 0.5) is 0 Å². The Bertz CT molecular complexity index is 143. The van der Waals surface area contributed by atoms with Gasteiger partial charge in [-0.25, -0.2) is 0 Å². The average molecular weight is 323 g/mol. The fraction of sp³-hybridized carbons (Fsp3) is 0.100. The zero-order chi connectivity index (χ0) is 7.07. The summed E-state index contributed by atoms with van der Waals surface area (Å²) < 4.78 is 0. The molecule has 1 heteroatoms. The molecule has 0 atom stereocenters. The van der Waals surface area contributed by atoms with Crippen molar-refractivity contribution in [1.82, 2.24) is 0 Å². The normalized spacial score (nSPS) is 16.0. The van der Waals surface area contributed by atoms with E-state index in [1.54, 1.807) is 0 Å². The molecule has 60 valence electrons. The maximum absolute atomic E-state index is 2.12. The third-order valence-corrected chi connectivity index (χ3v) is 1.21. The summed E-state index contributed by atoms with van der Waals surface area (Å²) in [5, 5.41) is 0. The number of rotatable bonds is 0. The summed E-state index contributed by atoms with van der Waals surface area (Å²) in [5.74, 6) is 0. The first kappa shape index (κ1) is 10.6. The number of hydrogen-bond acceptors (Lipinski definition) is 0. The summed E-state index contributed by atoms with van der Waals surface area (Å²) in [5.41, 5.74) is 0. The minimum Gasteiger partial charge on any atom is -0.0808 e. The van der Waals surface area contributed by atoms with E-state index in [4.69, 9.17) is 0 Å². The van der Waals surface area contributed by atoms with Gasteiger partial charge in [-0.1, -0.05) is 48.6 Å². The van der Waals surface area contributed by atoms with Crippen LogP contribution in [0.2, 0.25) is 0 Å². The van der Waals surface area contributed by atoms with Crippen LogP contribution in [-0.2, 0) is 20.1 Å². The second-order valence-electron chi connectivity index (χ2n) is 2.05. The summed E-state index contributed by atoms with van der Waals surface area (Å²) in [6, 6.07) is 0. The van der Waals surface area contributed by atoms with E-state index in [9.17, 15) is 0 Å². The molecule has 0 spiro atoms. The monoisotopic (exact) mass is 324 g/mol. The molecule has 11 heavy (non-hydrogen) atoms. The quantitative estimate of drug-likeness (QED) is 0.643. The molecule has 0 nitrogen and oxygen atoms in total. The molecular weight excluding hydrogens is 312 g/mol. The molecule has 0 saturated carbocycles. The fourth-order valence-electron chi connectivity index (χ4n) is 0.714. The van der Waals surface area contributed by atoms with Crippen LogP contribution in [0, 0.1) is 6.42 Å². The van der Waals surface area contributed by atoms with Crippen LogP contribution < -0.4 is 0 Å². The van der Waals surface area contributed by atoms with Crippen LogP contribution in [0.5, 0.6) is 0 Å². The van der Waals surface area contributed by atoms with Gasteiger partial charge in [0.05, 0.1) is 0 Å². The standard InChI is InChI=1S/C5H6.C5H5.Ir/c2*1-2-4-5-3-1;/h1-4H,5H2;1-5H;. The first-order valence-corrected chi connectivity index (χ1v) is 3.48. The Balaban J connectivity index is 0.000000167. The molecule has 0 aromatic carbocycles. The van der Waals surface area contributed by atoms with Crippen molar-refractivity contribution in [2.24, 2.45) is 0 Å². The van der Waals surface area contributed by atoms with Gasteiger partial charge in [-0.05, 0) is 6.42 Å². The Hall–Kier alpha value is -0.391. The molecule has 0 fully saturated rings. The number of hydrogen-bond donors (Lipinski definition) is 0. The molecule has 0 aromatic rings. The average Bonchev–Trinajstić information content (AvgIpc) is 2.67. The Morgan fingerprint density at radius 2 is 1.18 bits per heavy atom. The summed E-state index contributed by atoms with van der Waals surface area (Å²) in [6.07, 6.45) is 19.5. The zero-order valence-electron chi connectivity index (χ0n) is 6.24. The van der Waals surface area contributed by atoms with Crippen LogP contribution in [0.1, 0.15) is 6.42 Å². The van der Waals surface area contributed by atoms with Gasteiger partial charge in [0.2, 0.25) is 0 Å². The Morgan fingerprint density at radius 3 is 1.36 bits per heavy atom. The molecule has 0 aliphatic heterocycles. The first-order chi connectivity index (χ1) is 5.00. The summed E-state index contributed by atoms with van der Waals surface area (Å²) in [7, 11) is 0. The van der Waals surface area contributed by atoms with Gasteiger partial charge < -0.3 is 0 Å². The molecule has 0 unspecified atom stereocenters. The second-order valence-corrected chi connectivity index (χ2v) is 2.05. The van der Waals surface area contributed by atoms with E-state index in [1.807, 2.05) is 30.7 Å². The van der Waals surface area contributed by atoms with E-state index < -0.39 is 0 Å². The SMILES string of the molecule is C1=CCC=C1.[CH]1C=CC=C1.[Ir]. The Kier molecular flexibility index (Phi) is 7.44. The predicted molar refractivity (Wildman–Crippen MR) is 45.5 cm³/mol. The molecule has 2 aliphatic rings. The van der Waals surface area contributed by atoms with Gasteiger partial charge in [-0.3, -0.25) is 0 Å². The Labute approximate surface area is 81.7 Å². The topological polar surface area (TPSA) is 0 Å². The predicted octanol–water partition coefficient (Wildman–Crippen LogP) is 2.82. The van der Waals surface area contributed by atoms with E-state index in [1.165, 1.54) is 0 Å². The fourth-order valence-corrected chi connectivity index (χ4v) is 0.714. The molecule has 0 aromatic heterocycles. The zero-order valence-corrected chi connectivity index (χ0v) is 8.63. The van der Waals surface area contributed by atoms with E-state index in [2.05, 4.69) is 24.3 Å².